The summed E-state index contributed by atoms with van der Waals surface area (Å²) < 4.78 is 44.9. The van der Waals surface area contributed by atoms with Crippen LogP contribution in [0.2, 0.25) is 0 Å². The minimum Gasteiger partial charge on any atom is -0.379 e. The first-order chi connectivity index (χ1) is 13.4. The molecule has 1 heterocycles. The molecule has 0 radical (unpaired) electrons. The van der Waals surface area contributed by atoms with Gasteiger partial charge in [-0.05, 0) is 54.2 Å². The van der Waals surface area contributed by atoms with E-state index in [0.717, 1.165) is 0 Å². The second-order valence-corrected chi connectivity index (χ2v) is 8.27. The molecule has 0 aromatic heterocycles. The molecule has 0 saturated carbocycles. The molecular formula is C18H19FN4O3S2. The number of nitrogens with one attached hydrogen (secondary N) is 2. The Labute approximate surface area is 168 Å². The van der Waals surface area contributed by atoms with Crippen molar-refractivity contribution < 1.29 is 17.5 Å². The normalized spacial score (nSPS) is 15.5. The van der Waals surface area contributed by atoms with Crippen molar-refractivity contribution in [2.24, 2.45) is 5.10 Å². The van der Waals surface area contributed by atoms with Gasteiger partial charge in [-0.3, -0.25) is 5.43 Å². The van der Waals surface area contributed by atoms with E-state index in [2.05, 4.69) is 15.8 Å². The molecule has 3 rings (SSSR count). The maximum absolute atomic E-state index is 13.1. The van der Waals surface area contributed by atoms with Gasteiger partial charge in [0, 0.05) is 18.8 Å². The zero-order valence-electron chi connectivity index (χ0n) is 14.8. The summed E-state index contributed by atoms with van der Waals surface area (Å²) in [4.78, 5) is 0.211. The van der Waals surface area contributed by atoms with Gasteiger partial charge < -0.3 is 10.1 Å². The number of morpholine rings is 1. The van der Waals surface area contributed by atoms with Crippen molar-refractivity contribution in [3.63, 3.8) is 0 Å². The Morgan fingerprint density at radius 2 is 1.89 bits per heavy atom. The number of hydrogen-bond acceptors (Lipinski definition) is 5. The molecule has 0 atom stereocenters. The highest BCUT2D eigenvalue weighted by Gasteiger charge is 2.26. The van der Waals surface area contributed by atoms with Crippen LogP contribution in [0.5, 0.6) is 0 Å². The molecule has 2 N–H and O–H groups in total. The van der Waals surface area contributed by atoms with E-state index in [4.69, 9.17) is 17.0 Å². The third-order valence-electron chi connectivity index (χ3n) is 3.95. The number of hydrazone groups is 1. The minimum atomic E-state index is -3.53. The van der Waals surface area contributed by atoms with E-state index >= 15 is 0 Å². The van der Waals surface area contributed by atoms with E-state index in [9.17, 15) is 12.8 Å². The quantitative estimate of drug-likeness (QED) is 0.437. The fourth-order valence-corrected chi connectivity index (χ4v) is 4.14. The molecule has 28 heavy (non-hydrogen) atoms. The molecule has 1 aliphatic heterocycles. The molecule has 2 aromatic rings. The van der Waals surface area contributed by atoms with Crippen LogP contribution in [0, 0.1) is 5.82 Å². The Balaban J connectivity index is 1.57. The smallest absolute Gasteiger partial charge is 0.243 e. The van der Waals surface area contributed by atoms with Gasteiger partial charge in [-0.2, -0.15) is 9.41 Å². The first-order valence-corrected chi connectivity index (χ1v) is 10.3. The molecule has 0 aliphatic carbocycles. The van der Waals surface area contributed by atoms with Crippen LogP contribution in [0.25, 0.3) is 0 Å². The summed E-state index contributed by atoms with van der Waals surface area (Å²) in [6.45, 7) is 1.49. The van der Waals surface area contributed by atoms with Crippen LogP contribution in [0.15, 0.2) is 58.5 Å². The van der Waals surface area contributed by atoms with Gasteiger partial charge in [0.25, 0.3) is 0 Å². The van der Waals surface area contributed by atoms with Crippen molar-refractivity contribution in [3.8, 4) is 0 Å². The topological polar surface area (TPSA) is 83.0 Å². The lowest BCUT2D eigenvalue weighted by Gasteiger charge is -2.26. The van der Waals surface area contributed by atoms with Crippen molar-refractivity contribution in [1.29, 1.82) is 0 Å². The molecule has 148 valence electrons. The van der Waals surface area contributed by atoms with Crippen molar-refractivity contribution in [3.05, 3.63) is 59.9 Å². The average Bonchev–Trinajstić information content (AvgIpc) is 2.69. The average molecular weight is 423 g/mol. The van der Waals surface area contributed by atoms with E-state index in [0.29, 0.717) is 37.6 Å². The molecule has 1 aliphatic rings. The maximum Gasteiger partial charge on any atom is 0.243 e. The summed E-state index contributed by atoms with van der Waals surface area (Å²) in [5.74, 6) is -0.350. The summed E-state index contributed by atoms with van der Waals surface area (Å²) in [5.41, 5.74) is 3.82. The molecule has 1 fully saturated rings. The van der Waals surface area contributed by atoms with Gasteiger partial charge in [-0.1, -0.05) is 12.1 Å². The van der Waals surface area contributed by atoms with Crippen LogP contribution >= 0.6 is 12.2 Å². The predicted molar refractivity (Wildman–Crippen MR) is 109 cm³/mol. The SMILES string of the molecule is O=S(=O)(c1ccc(NC(=S)NN=Cc2cccc(F)c2)cc1)N1CCOCC1. The number of halogens is 1. The zero-order valence-corrected chi connectivity index (χ0v) is 16.5. The predicted octanol–water partition coefficient (Wildman–Crippen LogP) is 2.17. The van der Waals surface area contributed by atoms with Crippen molar-refractivity contribution >= 4 is 39.3 Å². The van der Waals surface area contributed by atoms with Gasteiger partial charge >= 0.3 is 0 Å². The van der Waals surface area contributed by atoms with Crippen molar-refractivity contribution in [2.75, 3.05) is 31.6 Å². The number of rotatable bonds is 5. The summed E-state index contributed by atoms with van der Waals surface area (Å²) >= 11 is 5.14. The lowest BCUT2D eigenvalue weighted by atomic mass is 10.2. The molecule has 7 nitrogen and oxygen atoms in total. The van der Waals surface area contributed by atoms with E-state index in [1.165, 1.54) is 34.8 Å². The number of ether oxygens (including phenoxy) is 1. The van der Waals surface area contributed by atoms with Crippen LogP contribution in [0.4, 0.5) is 10.1 Å². The Bertz CT molecular complexity index is 959. The Hall–Kier alpha value is -2.40. The van der Waals surface area contributed by atoms with E-state index < -0.39 is 10.0 Å². The number of hydrogen-bond donors (Lipinski definition) is 2. The lowest BCUT2D eigenvalue weighted by molar-refractivity contribution is 0.0730. The molecule has 0 amide bonds. The highest BCUT2D eigenvalue weighted by Crippen LogP contribution is 2.19. The molecule has 2 aromatic carbocycles. The van der Waals surface area contributed by atoms with Crippen LogP contribution in [-0.4, -0.2) is 50.4 Å². The number of nitrogens with zero attached hydrogens (tertiary/aromatic N) is 2. The summed E-state index contributed by atoms with van der Waals surface area (Å²) in [6.07, 6.45) is 1.44. The molecule has 10 heteroatoms. The van der Waals surface area contributed by atoms with Gasteiger partial charge in [-0.25, -0.2) is 12.8 Å². The Kier molecular flexibility index (Phi) is 6.68. The summed E-state index contributed by atoms with van der Waals surface area (Å²) in [5, 5.41) is 7.06. The lowest BCUT2D eigenvalue weighted by Crippen LogP contribution is -2.40. The van der Waals surface area contributed by atoms with Gasteiger partial charge in [0.05, 0.1) is 24.3 Å². The first kappa shape index (κ1) is 20.3. The van der Waals surface area contributed by atoms with Gasteiger partial charge in [0.15, 0.2) is 5.11 Å². The van der Waals surface area contributed by atoms with Crippen LogP contribution < -0.4 is 10.7 Å². The maximum atomic E-state index is 13.1. The Morgan fingerprint density at radius 3 is 2.57 bits per heavy atom. The molecule has 0 unspecified atom stereocenters. The molecule has 0 spiro atoms. The fraction of sp³-hybridized carbons (Fsp3) is 0.222. The van der Waals surface area contributed by atoms with Crippen LogP contribution in [-0.2, 0) is 14.8 Å². The van der Waals surface area contributed by atoms with Gasteiger partial charge in [0.2, 0.25) is 10.0 Å². The summed E-state index contributed by atoms with van der Waals surface area (Å²) in [6, 6.07) is 12.3. The minimum absolute atomic E-state index is 0.211. The monoisotopic (exact) mass is 422 g/mol. The van der Waals surface area contributed by atoms with Gasteiger partial charge in [0.1, 0.15) is 5.82 Å². The highest BCUT2D eigenvalue weighted by molar-refractivity contribution is 7.89. The number of thiocarbonyl (C=S) groups is 1. The molecule has 1 saturated heterocycles. The summed E-state index contributed by atoms with van der Waals surface area (Å²) in [7, 11) is -3.53. The van der Waals surface area contributed by atoms with Gasteiger partial charge in [-0.15, -0.1) is 0 Å². The molecule has 0 bridgehead atoms. The zero-order chi connectivity index (χ0) is 20.0. The number of sulfonamides is 1. The van der Waals surface area contributed by atoms with Crippen LogP contribution in [0.1, 0.15) is 5.56 Å². The van der Waals surface area contributed by atoms with E-state index in [1.807, 2.05) is 0 Å². The Morgan fingerprint density at radius 1 is 1.18 bits per heavy atom. The second-order valence-electron chi connectivity index (χ2n) is 5.92. The third-order valence-corrected chi connectivity index (χ3v) is 6.05. The second kappa shape index (κ2) is 9.20. The number of benzene rings is 2. The van der Waals surface area contributed by atoms with E-state index in [1.54, 1.807) is 24.3 Å². The largest absolute Gasteiger partial charge is 0.379 e. The highest BCUT2D eigenvalue weighted by atomic mass is 32.2. The number of anilines is 1. The first-order valence-electron chi connectivity index (χ1n) is 8.49. The van der Waals surface area contributed by atoms with E-state index in [-0.39, 0.29) is 15.8 Å². The standard InChI is InChI=1S/C18H19FN4O3S2/c19-15-3-1-2-14(12-15)13-20-22-18(27)21-16-4-6-17(7-5-16)28(24,25)23-8-10-26-11-9-23/h1-7,12-13H,8-11H2,(H2,21,22,27). The third kappa shape index (κ3) is 5.32. The fourth-order valence-electron chi connectivity index (χ4n) is 2.56. The van der Waals surface area contributed by atoms with Crippen LogP contribution in [0.3, 0.4) is 0 Å². The molecular weight excluding hydrogens is 403 g/mol. The van der Waals surface area contributed by atoms with Crippen molar-refractivity contribution in [2.45, 2.75) is 4.90 Å². The van der Waals surface area contributed by atoms with Crippen molar-refractivity contribution in [1.82, 2.24) is 9.73 Å².